The van der Waals surface area contributed by atoms with Gasteiger partial charge in [0.05, 0.1) is 11.8 Å². The molecule has 0 aliphatic rings. The Kier molecular flexibility index (Phi) is 1.67. The third-order valence-corrected chi connectivity index (χ3v) is 2.26. The van der Waals surface area contributed by atoms with Crippen LogP contribution in [0.5, 0.6) is 0 Å². The fourth-order valence-electron chi connectivity index (χ4n) is 1.12. The van der Waals surface area contributed by atoms with Gasteiger partial charge >= 0.3 is 0 Å². The molecule has 4 nitrogen and oxygen atoms in total. The van der Waals surface area contributed by atoms with Crippen LogP contribution in [0.2, 0.25) is 0 Å². The molecule has 12 heavy (non-hydrogen) atoms. The minimum Gasteiger partial charge on any atom is -0.382 e. The molecule has 2 N–H and O–H groups in total. The Bertz CT molecular complexity index is 434. The van der Waals surface area contributed by atoms with E-state index in [0.29, 0.717) is 5.82 Å². The van der Waals surface area contributed by atoms with Gasteiger partial charge in [-0.15, -0.1) is 0 Å². The molecule has 2 rings (SSSR count). The van der Waals surface area contributed by atoms with Crippen LogP contribution in [0.15, 0.2) is 12.4 Å². The molecule has 5 heteroatoms. The van der Waals surface area contributed by atoms with Crippen LogP contribution in [0.3, 0.4) is 0 Å². The van der Waals surface area contributed by atoms with E-state index in [0.717, 1.165) is 14.7 Å². The van der Waals surface area contributed by atoms with Crippen molar-refractivity contribution < 1.29 is 0 Å². The fraction of sp³-hybridized carbons (Fsp3) is 0.143. The minimum absolute atomic E-state index is 0.498. The van der Waals surface area contributed by atoms with Crippen molar-refractivity contribution >= 4 is 39.4 Å². The number of imidazole rings is 1. The summed E-state index contributed by atoms with van der Waals surface area (Å²) < 4.78 is 2.82. The summed E-state index contributed by atoms with van der Waals surface area (Å²) in [4.78, 5) is 8.23. The summed E-state index contributed by atoms with van der Waals surface area (Å²) in [6, 6.07) is 1.96. The topological polar surface area (TPSA) is 56.7 Å². The van der Waals surface area contributed by atoms with E-state index in [4.69, 9.17) is 5.73 Å². The van der Waals surface area contributed by atoms with E-state index >= 15 is 0 Å². The van der Waals surface area contributed by atoms with Crippen molar-refractivity contribution in [2.45, 2.75) is 0 Å². The maximum absolute atomic E-state index is 5.68. The van der Waals surface area contributed by atoms with E-state index in [1.165, 1.54) is 0 Å². The van der Waals surface area contributed by atoms with Crippen LogP contribution in [0.25, 0.3) is 11.0 Å². The molecule has 62 valence electrons. The Morgan fingerprint density at radius 3 is 3.08 bits per heavy atom. The van der Waals surface area contributed by atoms with Crippen molar-refractivity contribution in [3.05, 3.63) is 16.1 Å². The second-order valence-corrected chi connectivity index (χ2v) is 3.66. The average Bonchev–Trinajstić information content (AvgIpc) is 2.33. The van der Waals surface area contributed by atoms with E-state index in [2.05, 4.69) is 32.6 Å². The molecule has 0 amide bonds. The lowest BCUT2D eigenvalue weighted by Crippen LogP contribution is -1.94. The van der Waals surface area contributed by atoms with Gasteiger partial charge in [0.1, 0.15) is 9.22 Å². The van der Waals surface area contributed by atoms with Gasteiger partial charge in [0.15, 0.2) is 5.82 Å². The Morgan fingerprint density at radius 1 is 1.58 bits per heavy atom. The van der Waals surface area contributed by atoms with E-state index in [1.807, 2.05) is 17.7 Å². The van der Waals surface area contributed by atoms with Gasteiger partial charge in [-0.3, -0.25) is 0 Å². The number of hydrogen-bond donors (Lipinski definition) is 1. The van der Waals surface area contributed by atoms with Gasteiger partial charge in [-0.25, -0.2) is 9.97 Å². The lowest BCUT2D eigenvalue weighted by molar-refractivity contribution is 0.947. The lowest BCUT2D eigenvalue weighted by atomic mass is 10.4. The Labute approximate surface area is 82.9 Å². The molecule has 0 saturated carbocycles. The molecule has 2 aromatic rings. The molecule has 0 atom stereocenters. The van der Waals surface area contributed by atoms with Crippen LogP contribution in [-0.2, 0) is 7.05 Å². The van der Waals surface area contributed by atoms with Crippen molar-refractivity contribution in [1.82, 2.24) is 14.5 Å². The first-order valence-corrected chi connectivity index (χ1v) is 4.49. The number of anilines is 1. The highest BCUT2D eigenvalue weighted by molar-refractivity contribution is 14.1. The van der Waals surface area contributed by atoms with Crippen molar-refractivity contribution in [3.8, 4) is 0 Å². The predicted molar refractivity (Wildman–Crippen MR) is 55.6 cm³/mol. The second-order valence-electron chi connectivity index (χ2n) is 2.55. The quantitative estimate of drug-likeness (QED) is 0.579. The van der Waals surface area contributed by atoms with Gasteiger partial charge in [-0.1, -0.05) is 0 Å². The first-order valence-electron chi connectivity index (χ1n) is 3.41. The zero-order valence-corrected chi connectivity index (χ0v) is 8.61. The monoisotopic (exact) mass is 274 g/mol. The van der Waals surface area contributed by atoms with Crippen molar-refractivity contribution in [3.63, 3.8) is 0 Å². The Morgan fingerprint density at radius 2 is 2.33 bits per heavy atom. The molecular weight excluding hydrogens is 267 g/mol. The standard InChI is InChI=1S/C7H7IN4/c1-12-3-10-6-4(12)2-5(8)11-7(6)9/h2-3H,1H3,(H2,9,11). The smallest absolute Gasteiger partial charge is 0.152 e. The molecule has 2 aromatic heterocycles. The molecule has 0 fully saturated rings. The van der Waals surface area contributed by atoms with Crippen LogP contribution in [0.1, 0.15) is 0 Å². The van der Waals surface area contributed by atoms with E-state index < -0.39 is 0 Å². The Hall–Kier alpha value is -0.850. The third kappa shape index (κ3) is 1.04. The molecule has 0 aliphatic heterocycles. The molecule has 0 aromatic carbocycles. The lowest BCUT2D eigenvalue weighted by Gasteiger charge is -1.97. The van der Waals surface area contributed by atoms with Crippen LogP contribution < -0.4 is 5.73 Å². The highest BCUT2D eigenvalue weighted by atomic mass is 127. The second kappa shape index (κ2) is 2.58. The van der Waals surface area contributed by atoms with E-state index in [-0.39, 0.29) is 0 Å². The third-order valence-electron chi connectivity index (χ3n) is 1.71. The zero-order valence-electron chi connectivity index (χ0n) is 6.45. The van der Waals surface area contributed by atoms with Crippen molar-refractivity contribution in [2.24, 2.45) is 7.05 Å². The number of hydrogen-bond acceptors (Lipinski definition) is 3. The summed E-state index contributed by atoms with van der Waals surface area (Å²) in [5, 5.41) is 0. The van der Waals surface area contributed by atoms with Crippen LogP contribution in [-0.4, -0.2) is 14.5 Å². The molecule has 0 radical (unpaired) electrons. The van der Waals surface area contributed by atoms with Gasteiger partial charge in [0.2, 0.25) is 0 Å². The number of nitrogens with two attached hydrogens (primary N) is 1. The van der Waals surface area contributed by atoms with E-state index in [1.54, 1.807) is 6.33 Å². The number of aromatic nitrogens is 3. The normalized spacial score (nSPS) is 10.8. The number of pyridine rings is 1. The summed E-state index contributed by atoms with van der Waals surface area (Å²) in [6.07, 6.45) is 1.73. The number of rotatable bonds is 0. The van der Waals surface area contributed by atoms with Gasteiger partial charge in [0.25, 0.3) is 0 Å². The zero-order chi connectivity index (χ0) is 8.72. The molecule has 0 saturated heterocycles. The summed E-state index contributed by atoms with van der Waals surface area (Å²) in [7, 11) is 1.94. The SMILES string of the molecule is Cn1cnc2c(N)nc(I)cc21. The maximum atomic E-state index is 5.68. The maximum Gasteiger partial charge on any atom is 0.152 e. The van der Waals surface area contributed by atoms with Gasteiger partial charge < -0.3 is 10.3 Å². The van der Waals surface area contributed by atoms with Crippen molar-refractivity contribution in [2.75, 3.05) is 5.73 Å². The summed E-state index contributed by atoms with van der Waals surface area (Å²) in [5.41, 5.74) is 7.47. The first-order chi connectivity index (χ1) is 5.68. The minimum atomic E-state index is 0.498. The average molecular weight is 274 g/mol. The van der Waals surface area contributed by atoms with Crippen LogP contribution in [0, 0.1) is 3.70 Å². The molecule has 0 unspecified atom stereocenters. The van der Waals surface area contributed by atoms with Crippen LogP contribution >= 0.6 is 22.6 Å². The van der Waals surface area contributed by atoms with Gasteiger partial charge in [-0.05, 0) is 28.7 Å². The number of aryl methyl sites for hydroxylation is 1. The highest BCUT2D eigenvalue weighted by Gasteiger charge is 2.05. The van der Waals surface area contributed by atoms with Gasteiger partial charge in [0, 0.05) is 7.05 Å². The number of nitrogens with zero attached hydrogens (tertiary/aromatic N) is 3. The van der Waals surface area contributed by atoms with Gasteiger partial charge in [-0.2, -0.15) is 0 Å². The first kappa shape index (κ1) is 7.78. The predicted octanol–water partition coefficient (Wildman–Crippen LogP) is 1.16. The van der Waals surface area contributed by atoms with E-state index in [9.17, 15) is 0 Å². The van der Waals surface area contributed by atoms with Crippen molar-refractivity contribution in [1.29, 1.82) is 0 Å². The van der Waals surface area contributed by atoms with Crippen LogP contribution in [0.4, 0.5) is 5.82 Å². The number of fused-ring (bicyclic) bond motifs is 1. The number of halogens is 1. The largest absolute Gasteiger partial charge is 0.382 e. The molecular formula is C7H7IN4. The summed E-state index contributed by atoms with van der Waals surface area (Å²) in [6.45, 7) is 0. The fourth-order valence-corrected chi connectivity index (χ4v) is 1.68. The molecule has 0 spiro atoms. The number of nitrogen functional groups attached to an aromatic ring is 1. The summed E-state index contributed by atoms with van der Waals surface area (Å²) in [5.74, 6) is 0.498. The Balaban J connectivity index is 2.92. The highest BCUT2D eigenvalue weighted by Crippen LogP contribution is 2.18. The molecule has 2 heterocycles. The summed E-state index contributed by atoms with van der Waals surface area (Å²) >= 11 is 2.14. The molecule has 0 aliphatic carbocycles. The molecule has 0 bridgehead atoms.